The molecule has 0 aliphatic heterocycles. The molecule has 0 bridgehead atoms. The van der Waals surface area contributed by atoms with Crippen molar-refractivity contribution in [2.75, 3.05) is 5.32 Å². The highest BCUT2D eigenvalue weighted by Crippen LogP contribution is 2.20. The third kappa shape index (κ3) is 3.23. The van der Waals surface area contributed by atoms with Crippen LogP contribution in [-0.2, 0) is 0 Å². The van der Waals surface area contributed by atoms with Gasteiger partial charge in [-0.05, 0) is 48.9 Å². The van der Waals surface area contributed by atoms with Gasteiger partial charge >= 0.3 is 0 Å². The van der Waals surface area contributed by atoms with Crippen LogP contribution >= 0.6 is 11.6 Å². The first kappa shape index (κ1) is 13.4. The molecule has 0 aromatic heterocycles. The molecule has 2 N–H and O–H groups in total. The van der Waals surface area contributed by atoms with Gasteiger partial charge in [0.2, 0.25) is 0 Å². The smallest absolute Gasteiger partial charge is 0.255 e. The monoisotopic (exact) mass is 279 g/mol. The Kier molecular flexibility index (Phi) is 3.71. The molecule has 3 nitrogen and oxygen atoms in total. The van der Waals surface area contributed by atoms with Crippen LogP contribution in [0.15, 0.2) is 36.4 Å². The Bertz CT molecular complexity index is 623. The van der Waals surface area contributed by atoms with Crippen LogP contribution in [0, 0.1) is 12.7 Å². The molecule has 2 aromatic rings. The van der Waals surface area contributed by atoms with E-state index in [-0.39, 0.29) is 22.4 Å². The van der Waals surface area contributed by atoms with Gasteiger partial charge in [-0.3, -0.25) is 4.79 Å². The van der Waals surface area contributed by atoms with Crippen LogP contribution in [-0.4, -0.2) is 11.0 Å². The number of benzene rings is 2. The molecule has 5 heteroatoms. The second-order valence-corrected chi connectivity index (χ2v) is 4.55. The first-order valence-corrected chi connectivity index (χ1v) is 5.90. The van der Waals surface area contributed by atoms with Gasteiger partial charge in [-0.1, -0.05) is 11.6 Å². The summed E-state index contributed by atoms with van der Waals surface area (Å²) in [6.07, 6.45) is 0. The van der Waals surface area contributed by atoms with E-state index in [1.54, 1.807) is 6.92 Å². The van der Waals surface area contributed by atoms with Crippen molar-refractivity contribution in [1.29, 1.82) is 0 Å². The van der Waals surface area contributed by atoms with E-state index in [1.807, 2.05) is 0 Å². The number of halogens is 2. The number of aryl methyl sites for hydroxylation is 1. The summed E-state index contributed by atoms with van der Waals surface area (Å²) in [5.41, 5.74) is 1.31. The highest BCUT2D eigenvalue weighted by atomic mass is 35.5. The van der Waals surface area contributed by atoms with Gasteiger partial charge < -0.3 is 10.4 Å². The number of phenols is 1. The first-order chi connectivity index (χ1) is 8.95. The lowest BCUT2D eigenvalue weighted by atomic mass is 10.1. The number of phenolic OH excluding ortho intramolecular Hbond substituents is 1. The van der Waals surface area contributed by atoms with E-state index in [1.165, 1.54) is 30.3 Å². The van der Waals surface area contributed by atoms with Crippen LogP contribution in [0.4, 0.5) is 10.1 Å². The van der Waals surface area contributed by atoms with Gasteiger partial charge in [-0.2, -0.15) is 0 Å². The summed E-state index contributed by atoms with van der Waals surface area (Å²) in [4.78, 5) is 12.0. The Hall–Kier alpha value is -2.07. The molecule has 0 aliphatic carbocycles. The number of hydrogen-bond acceptors (Lipinski definition) is 2. The fourth-order valence-electron chi connectivity index (χ4n) is 1.73. The van der Waals surface area contributed by atoms with Crippen molar-refractivity contribution in [3.8, 4) is 5.75 Å². The van der Waals surface area contributed by atoms with E-state index < -0.39 is 5.82 Å². The predicted octanol–water partition coefficient (Wildman–Crippen LogP) is 3.75. The zero-order valence-electron chi connectivity index (χ0n) is 10.1. The van der Waals surface area contributed by atoms with Gasteiger partial charge in [-0.15, -0.1) is 0 Å². The molecule has 0 saturated carbocycles. The quantitative estimate of drug-likeness (QED) is 0.880. The molecule has 2 rings (SSSR count). The molecule has 0 fully saturated rings. The number of aromatic hydroxyl groups is 1. The Morgan fingerprint density at radius 3 is 2.63 bits per heavy atom. The Morgan fingerprint density at radius 2 is 2.00 bits per heavy atom. The Balaban J connectivity index is 2.25. The molecule has 0 aliphatic rings. The maximum atomic E-state index is 13.1. The second-order valence-electron chi connectivity index (χ2n) is 4.11. The number of hydrogen-bond donors (Lipinski definition) is 2. The average Bonchev–Trinajstić information content (AvgIpc) is 2.26. The van der Waals surface area contributed by atoms with Crippen LogP contribution in [0.1, 0.15) is 15.9 Å². The summed E-state index contributed by atoms with van der Waals surface area (Å²) >= 11 is 5.71. The number of amides is 1. The molecule has 1 amide bonds. The molecule has 98 valence electrons. The summed E-state index contributed by atoms with van der Waals surface area (Å²) in [6, 6.07) is 8.19. The summed E-state index contributed by atoms with van der Waals surface area (Å²) in [6.45, 7) is 1.70. The van der Waals surface area contributed by atoms with Gasteiger partial charge in [0.05, 0.1) is 0 Å². The fraction of sp³-hybridized carbons (Fsp3) is 0.0714. The molecule has 0 radical (unpaired) electrons. The SMILES string of the molecule is Cc1cc(O)ccc1C(=O)Nc1cc(F)cc(Cl)c1. The maximum Gasteiger partial charge on any atom is 0.255 e. The Morgan fingerprint density at radius 1 is 1.26 bits per heavy atom. The lowest BCUT2D eigenvalue weighted by Gasteiger charge is -2.08. The van der Waals surface area contributed by atoms with Gasteiger partial charge in [-0.25, -0.2) is 4.39 Å². The number of carbonyl (C=O) groups is 1. The summed E-state index contributed by atoms with van der Waals surface area (Å²) < 4.78 is 13.1. The normalized spacial score (nSPS) is 10.3. The van der Waals surface area contributed by atoms with Crippen LogP contribution < -0.4 is 5.32 Å². The van der Waals surface area contributed by atoms with Crippen LogP contribution in [0.2, 0.25) is 5.02 Å². The molecule has 0 unspecified atom stereocenters. The van der Waals surface area contributed by atoms with E-state index in [0.29, 0.717) is 11.1 Å². The maximum absolute atomic E-state index is 13.1. The van der Waals surface area contributed by atoms with Crippen LogP contribution in [0.3, 0.4) is 0 Å². The van der Waals surface area contributed by atoms with E-state index in [9.17, 15) is 14.3 Å². The van der Waals surface area contributed by atoms with Gasteiger partial charge in [0, 0.05) is 16.3 Å². The highest BCUT2D eigenvalue weighted by Gasteiger charge is 2.10. The minimum atomic E-state index is -0.523. The highest BCUT2D eigenvalue weighted by molar-refractivity contribution is 6.31. The predicted molar refractivity (Wildman–Crippen MR) is 72.2 cm³/mol. The summed E-state index contributed by atoms with van der Waals surface area (Å²) in [7, 11) is 0. The van der Waals surface area contributed by atoms with Gasteiger partial charge in [0.1, 0.15) is 11.6 Å². The topological polar surface area (TPSA) is 49.3 Å². The van der Waals surface area contributed by atoms with Crippen molar-refractivity contribution in [1.82, 2.24) is 0 Å². The summed E-state index contributed by atoms with van der Waals surface area (Å²) in [5.74, 6) is -0.827. The first-order valence-electron chi connectivity index (χ1n) is 5.53. The summed E-state index contributed by atoms with van der Waals surface area (Å²) in [5, 5.41) is 12.0. The minimum Gasteiger partial charge on any atom is -0.508 e. The molecule has 2 aromatic carbocycles. The molecule has 0 spiro atoms. The van der Waals surface area contributed by atoms with Gasteiger partial charge in [0.15, 0.2) is 0 Å². The zero-order valence-corrected chi connectivity index (χ0v) is 10.8. The number of carbonyl (C=O) groups excluding carboxylic acids is 1. The van der Waals surface area contributed by atoms with Crippen molar-refractivity contribution in [3.63, 3.8) is 0 Å². The van der Waals surface area contributed by atoms with Crippen molar-refractivity contribution in [2.45, 2.75) is 6.92 Å². The van der Waals surface area contributed by atoms with Crippen molar-refractivity contribution >= 4 is 23.2 Å². The lowest BCUT2D eigenvalue weighted by molar-refractivity contribution is 0.102. The fourth-order valence-corrected chi connectivity index (χ4v) is 1.95. The lowest BCUT2D eigenvalue weighted by Crippen LogP contribution is -2.13. The number of rotatable bonds is 2. The molecule has 19 heavy (non-hydrogen) atoms. The molecular formula is C14H11ClFNO2. The van der Waals surface area contributed by atoms with E-state index in [0.717, 1.165) is 6.07 Å². The number of anilines is 1. The number of nitrogens with one attached hydrogen (secondary N) is 1. The van der Waals surface area contributed by atoms with E-state index >= 15 is 0 Å². The zero-order chi connectivity index (χ0) is 14.0. The van der Waals surface area contributed by atoms with Crippen LogP contribution in [0.25, 0.3) is 0 Å². The van der Waals surface area contributed by atoms with Gasteiger partial charge in [0.25, 0.3) is 5.91 Å². The Labute approximate surface area is 114 Å². The van der Waals surface area contributed by atoms with Crippen molar-refractivity contribution in [2.24, 2.45) is 0 Å². The van der Waals surface area contributed by atoms with Crippen LogP contribution in [0.5, 0.6) is 5.75 Å². The molecule has 0 saturated heterocycles. The van der Waals surface area contributed by atoms with E-state index in [2.05, 4.69) is 5.32 Å². The second kappa shape index (κ2) is 5.28. The molecule has 0 atom stereocenters. The third-order valence-corrected chi connectivity index (χ3v) is 2.79. The van der Waals surface area contributed by atoms with E-state index in [4.69, 9.17) is 11.6 Å². The average molecular weight is 280 g/mol. The third-order valence-electron chi connectivity index (χ3n) is 2.58. The molecular weight excluding hydrogens is 269 g/mol. The van der Waals surface area contributed by atoms with Crippen molar-refractivity contribution < 1.29 is 14.3 Å². The largest absolute Gasteiger partial charge is 0.508 e. The standard InChI is InChI=1S/C14H11ClFNO2/c1-8-4-12(18)2-3-13(8)14(19)17-11-6-9(15)5-10(16)7-11/h2-7,18H,1H3,(H,17,19). The minimum absolute atomic E-state index is 0.0860. The molecule has 0 heterocycles. The van der Waals surface area contributed by atoms with Crippen molar-refractivity contribution in [3.05, 3.63) is 58.4 Å².